The van der Waals surface area contributed by atoms with Crippen LogP contribution in [0.3, 0.4) is 0 Å². The Kier molecular flexibility index (Phi) is 5.34. The maximum absolute atomic E-state index is 14.5. The first-order chi connectivity index (χ1) is 13.1. The number of ether oxygens (including phenoxy) is 2. The Morgan fingerprint density at radius 2 is 1.96 bits per heavy atom. The second kappa shape index (κ2) is 7.43. The zero-order chi connectivity index (χ0) is 20.6. The molecule has 1 aromatic heterocycles. The van der Waals surface area contributed by atoms with Gasteiger partial charge in [0, 0.05) is 18.1 Å². The maximum Gasteiger partial charge on any atom is 0.410 e. The van der Waals surface area contributed by atoms with Gasteiger partial charge < -0.3 is 18.9 Å². The van der Waals surface area contributed by atoms with Crippen LogP contribution in [0.1, 0.15) is 37.0 Å². The maximum atomic E-state index is 14.5. The summed E-state index contributed by atoms with van der Waals surface area (Å²) in [5, 5.41) is 0.260. The Morgan fingerprint density at radius 1 is 1.25 bits per heavy atom. The topological polar surface area (TPSA) is 73.7 Å². The lowest BCUT2D eigenvalue weighted by Gasteiger charge is -2.31. The molecule has 1 amide bonds. The molecule has 2 heterocycles. The Balaban J connectivity index is 2.02. The summed E-state index contributed by atoms with van der Waals surface area (Å²) >= 11 is 5.83. The van der Waals surface area contributed by atoms with Gasteiger partial charge in [0.15, 0.2) is 5.69 Å². The average molecular weight is 410 g/mol. The minimum absolute atomic E-state index is 0.0418. The molecule has 1 aliphatic rings. The van der Waals surface area contributed by atoms with Gasteiger partial charge in [-0.25, -0.2) is 19.0 Å². The smallest absolute Gasteiger partial charge is 0.410 e. The number of methoxy groups -OCH3 is 1. The van der Waals surface area contributed by atoms with Crippen LogP contribution in [0.25, 0.3) is 11.4 Å². The molecular formula is C19H21ClFN3O4. The van der Waals surface area contributed by atoms with E-state index in [1.807, 2.05) is 0 Å². The van der Waals surface area contributed by atoms with Crippen LogP contribution in [0.15, 0.2) is 18.2 Å². The van der Waals surface area contributed by atoms with Crippen molar-refractivity contribution in [3.63, 3.8) is 0 Å². The molecule has 0 unspecified atom stereocenters. The zero-order valence-corrected chi connectivity index (χ0v) is 16.8. The number of carbonyl (C=O) groups is 2. The molecule has 0 bridgehead atoms. The minimum atomic E-state index is -0.657. The number of hydrogen-bond acceptors (Lipinski definition) is 5. The molecule has 0 saturated carbocycles. The highest BCUT2D eigenvalue weighted by atomic mass is 35.5. The van der Waals surface area contributed by atoms with E-state index in [0.29, 0.717) is 18.8 Å². The number of amides is 1. The molecule has 0 aliphatic carbocycles. The van der Waals surface area contributed by atoms with E-state index in [1.165, 1.54) is 24.1 Å². The number of carbonyl (C=O) groups excluding carboxylic acids is 2. The van der Waals surface area contributed by atoms with Gasteiger partial charge in [-0.05, 0) is 39.0 Å². The van der Waals surface area contributed by atoms with Gasteiger partial charge in [0.25, 0.3) is 0 Å². The van der Waals surface area contributed by atoms with Crippen LogP contribution in [0.5, 0.6) is 0 Å². The predicted octanol–water partition coefficient (Wildman–Crippen LogP) is 3.88. The van der Waals surface area contributed by atoms with Crippen molar-refractivity contribution in [3.8, 4) is 11.4 Å². The molecule has 7 nitrogen and oxygen atoms in total. The summed E-state index contributed by atoms with van der Waals surface area (Å²) in [7, 11) is 1.24. The third-order valence-corrected chi connectivity index (χ3v) is 4.44. The van der Waals surface area contributed by atoms with Crippen LogP contribution >= 0.6 is 11.6 Å². The molecule has 0 radical (unpaired) electrons. The summed E-state index contributed by atoms with van der Waals surface area (Å²) in [4.78, 5) is 30.5. The Hall–Kier alpha value is -2.61. The number of halogens is 2. The number of benzene rings is 1. The fourth-order valence-corrected chi connectivity index (χ4v) is 3.15. The average Bonchev–Trinajstić information content (AvgIpc) is 2.98. The zero-order valence-electron chi connectivity index (χ0n) is 16.1. The highest BCUT2D eigenvalue weighted by Gasteiger charge is 2.32. The SMILES string of the molecule is COC(=O)c1nc(-c2ccc(Cl)cc2F)n2c1CN(C(=O)OC(C)(C)C)CC2. The van der Waals surface area contributed by atoms with Crippen molar-refractivity contribution in [1.29, 1.82) is 0 Å². The fourth-order valence-electron chi connectivity index (χ4n) is 2.99. The number of esters is 1. The highest BCUT2D eigenvalue weighted by molar-refractivity contribution is 6.30. The first kappa shape index (κ1) is 20.1. The van der Waals surface area contributed by atoms with E-state index in [0.717, 1.165) is 0 Å². The van der Waals surface area contributed by atoms with Gasteiger partial charge in [-0.15, -0.1) is 0 Å². The molecule has 0 fully saturated rings. The molecule has 0 atom stereocenters. The van der Waals surface area contributed by atoms with Gasteiger partial charge in [0.05, 0.1) is 24.9 Å². The molecule has 3 rings (SSSR count). The third kappa shape index (κ3) is 3.96. The summed E-state index contributed by atoms with van der Waals surface area (Å²) in [5.41, 5.74) is 0.0808. The van der Waals surface area contributed by atoms with Gasteiger partial charge in [0.1, 0.15) is 17.2 Å². The summed E-state index contributed by atoms with van der Waals surface area (Å²) in [5.74, 6) is -0.921. The van der Waals surface area contributed by atoms with Gasteiger partial charge in [-0.3, -0.25) is 0 Å². The monoisotopic (exact) mass is 409 g/mol. The van der Waals surface area contributed by atoms with Gasteiger partial charge in [0.2, 0.25) is 0 Å². The summed E-state index contributed by atoms with van der Waals surface area (Å²) in [6.45, 7) is 6.10. The summed E-state index contributed by atoms with van der Waals surface area (Å²) < 4.78 is 26.4. The molecule has 150 valence electrons. The van der Waals surface area contributed by atoms with Crippen molar-refractivity contribution in [3.05, 3.63) is 40.4 Å². The molecule has 0 spiro atoms. The van der Waals surface area contributed by atoms with Crippen molar-refractivity contribution < 1.29 is 23.5 Å². The van der Waals surface area contributed by atoms with Crippen molar-refractivity contribution in [1.82, 2.24) is 14.5 Å². The van der Waals surface area contributed by atoms with E-state index in [1.54, 1.807) is 31.4 Å². The molecule has 0 saturated heterocycles. The van der Waals surface area contributed by atoms with E-state index in [-0.39, 0.29) is 28.6 Å². The predicted molar refractivity (Wildman–Crippen MR) is 101 cm³/mol. The Labute approximate surface area is 167 Å². The lowest BCUT2D eigenvalue weighted by atomic mass is 10.2. The summed E-state index contributed by atoms with van der Waals surface area (Å²) in [6, 6.07) is 4.25. The second-order valence-corrected chi connectivity index (χ2v) is 7.84. The number of hydrogen-bond donors (Lipinski definition) is 0. The third-order valence-electron chi connectivity index (χ3n) is 4.21. The molecule has 28 heavy (non-hydrogen) atoms. The van der Waals surface area contributed by atoms with Crippen molar-refractivity contribution in [2.45, 2.75) is 39.5 Å². The number of fused-ring (bicyclic) bond motifs is 1. The van der Waals surface area contributed by atoms with E-state index < -0.39 is 23.5 Å². The van der Waals surface area contributed by atoms with E-state index >= 15 is 0 Å². The van der Waals surface area contributed by atoms with Crippen LogP contribution in [0, 0.1) is 5.82 Å². The molecule has 1 aliphatic heterocycles. The Morgan fingerprint density at radius 3 is 2.57 bits per heavy atom. The molecule has 9 heteroatoms. The lowest BCUT2D eigenvalue weighted by Crippen LogP contribution is -2.41. The molecule has 0 N–H and O–H groups in total. The van der Waals surface area contributed by atoms with E-state index in [2.05, 4.69) is 4.98 Å². The van der Waals surface area contributed by atoms with Gasteiger partial charge in [-0.2, -0.15) is 0 Å². The number of imidazole rings is 1. The van der Waals surface area contributed by atoms with Crippen LogP contribution in [-0.2, 0) is 22.6 Å². The lowest BCUT2D eigenvalue weighted by molar-refractivity contribution is 0.0196. The molecular weight excluding hydrogens is 389 g/mol. The van der Waals surface area contributed by atoms with E-state index in [9.17, 15) is 14.0 Å². The first-order valence-corrected chi connectivity index (χ1v) is 9.09. The van der Waals surface area contributed by atoms with Gasteiger partial charge in [-0.1, -0.05) is 11.6 Å². The standard InChI is InChI=1S/C19H21ClFN3O4/c1-19(2,3)28-18(26)23-7-8-24-14(10-23)15(17(25)27-4)22-16(24)12-6-5-11(20)9-13(12)21/h5-6,9H,7-8,10H2,1-4H3. The highest BCUT2D eigenvalue weighted by Crippen LogP contribution is 2.30. The van der Waals surface area contributed by atoms with Crippen LogP contribution < -0.4 is 0 Å². The first-order valence-electron chi connectivity index (χ1n) is 8.72. The van der Waals surface area contributed by atoms with Crippen molar-refractivity contribution >= 4 is 23.7 Å². The van der Waals surface area contributed by atoms with Crippen LogP contribution in [-0.4, -0.2) is 45.8 Å². The normalized spacial score (nSPS) is 13.9. The molecule has 1 aromatic carbocycles. The Bertz CT molecular complexity index is 936. The number of aromatic nitrogens is 2. The molecule has 2 aromatic rings. The number of rotatable bonds is 2. The summed E-state index contributed by atoms with van der Waals surface area (Å²) in [6.07, 6.45) is -0.491. The fraction of sp³-hybridized carbons (Fsp3) is 0.421. The quantitative estimate of drug-likeness (QED) is 0.704. The van der Waals surface area contributed by atoms with Crippen molar-refractivity contribution in [2.24, 2.45) is 0 Å². The van der Waals surface area contributed by atoms with Crippen LogP contribution in [0.4, 0.5) is 9.18 Å². The minimum Gasteiger partial charge on any atom is -0.464 e. The largest absolute Gasteiger partial charge is 0.464 e. The van der Waals surface area contributed by atoms with Gasteiger partial charge >= 0.3 is 12.1 Å². The van der Waals surface area contributed by atoms with Crippen molar-refractivity contribution in [2.75, 3.05) is 13.7 Å². The van der Waals surface area contributed by atoms with Crippen LogP contribution in [0.2, 0.25) is 5.02 Å². The van der Waals surface area contributed by atoms with E-state index in [4.69, 9.17) is 21.1 Å². The second-order valence-electron chi connectivity index (χ2n) is 7.40. The number of nitrogens with zero attached hydrogens (tertiary/aromatic N) is 3.